The third-order valence-corrected chi connectivity index (χ3v) is 4.04. The van der Waals surface area contributed by atoms with E-state index in [1.54, 1.807) is 12.1 Å². The minimum absolute atomic E-state index is 0.660. The quantitative estimate of drug-likeness (QED) is 0.917. The number of piperidine rings is 1. The van der Waals surface area contributed by atoms with Crippen LogP contribution in [-0.2, 0) is 0 Å². The molecule has 1 fully saturated rings. The van der Waals surface area contributed by atoms with Crippen molar-refractivity contribution in [1.82, 2.24) is 4.90 Å². The molecule has 1 saturated heterocycles. The van der Waals surface area contributed by atoms with Gasteiger partial charge in [-0.3, -0.25) is 0 Å². The Morgan fingerprint density at radius 3 is 2.84 bits per heavy atom. The lowest BCUT2D eigenvalue weighted by Gasteiger charge is -2.29. The fourth-order valence-electron chi connectivity index (χ4n) is 2.52. The first-order valence-electron chi connectivity index (χ1n) is 6.81. The minimum atomic E-state index is 0.660. The van der Waals surface area contributed by atoms with Crippen molar-refractivity contribution in [1.29, 1.82) is 5.26 Å². The lowest BCUT2D eigenvalue weighted by molar-refractivity contribution is 0.215. The van der Waals surface area contributed by atoms with Crippen molar-refractivity contribution in [2.45, 2.75) is 19.3 Å². The van der Waals surface area contributed by atoms with Gasteiger partial charge < -0.3 is 10.2 Å². The van der Waals surface area contributed by atoms with E-state index in [-0.39, 0.29) is 0 Å². The third-order valence-electron chi connectivity index (χ3n) is 3.81. The van der Waals surface area contributed by atoms with Crippen LogP contribution in [0.15, 0.2) is 18.2 Å². The van der Waals surface area contributed by atoms with Gasteiger partial charge in [0.05, 0.1) is 11.3 Å². The maximum absolute atomic E-state index is 9.05. The van der Waals surface area contributed by atoms with Crippen LogP contribution in [0, 0.1) is 17.2 Å². The van der Waals surface area contributed by atoms with Gasteiger partial charge in [0, 0.05) is 11.6 Å². The summed E-state index contributed by atoms with van der Waals surface area (Å²) in [5, 5.41) is 13.1. The zero-order valence-electron chi connectivity index (χ0n) is 11.3. The molecule has 0 spiro atoms. The lowest BCUT2D eigenvalue weighted by Crippen LogP contribution is -2.30. The number of rotatable bonds is 4. The van der Waals surface area contributed by atoms with E-state index in [2.05, 4.69) is 23.3 Å². The molecule has 1 N–H and O–H groups in total. The summed E-state index contributed by atoms with van der Waals surface area (Å²) >= 11 is 5.96. The third kappa shape index (κ3) is 4.12. The van der Waals surface area contributed by atoms with Crippen LogP contribution in [0.4, 0.5) is 5.69 Å². The summed E-state index contributed by atoms with van der Waals surface area (Å²) < 4.78 is 0. The number of anilines is 1. The number of halogens is 1. The van der Waals surface area contributed by atoms with Crippen LogP contribution in [0.5, 0.6) is 0 Å². The first-order valence-corrected chi connectivity index (χ1v) is 7.19. The molecule has 0 radical (unpaired) electrons. The summed E-state index contributed by atoms with van der Waals surface area (Å²) in [4.78, 5) is 2.38. The molecule has 102 valence electrons. The van der Waals surface area contributed by atoms with E-state index in [1.807, 2.05) is 6.07 Å². The second-order valence-corrected chi connectivity index (χ2v) is 5.70. The highest BCUT2D eigenvalue weighted by Gasteiger charge is 2.16. The Labute approximate surface area is 120 Å². The molecule has 1 aromatic carbocycles. The lowest BCUT2D eigenvalue weighted by atomic mass is 9.94. The molecule has 0 atom stereocenters. The molecular weight excluding hydrogens is 258 g/mol. The molecule has 1 aromatic rings. The molecule has 2 rings (SSSR count). The Bertz CT molecular complexity index is 459. The summed E-state index contributed by atoms with van der Waals surface area (Å²) in [7, 11) is 2.18. The van der Waals surface area contributed by atoms with Crippen LogP contribution in [0.3, 0.4) is 0 Å². The van der Waals surface area contributed by atoms with E-state index in [9.17, 15) is 0 Å². The summed E-state index contributed by atoms with van der Waals surface area (Å²) in [5.41, 5.74) is 1.51. The van der Waals surface area contributed by atoms with Gasteiger partial charge in [0.1, 0.15) is 6.07 Å². The van der Waals surface area contributed by atoms with Crippen molar-refractivity contribution < 1.29 is 0 Å². The highest BCUT2D eigenvalue weighted by atomic mass is 35.5. The van der Waals surface area contributed by atoms with Gasteiger partial charge in [0.25, 0.3) is 0 Å². The van der Waals surface area contributed by atoms with Crippen molar-refractivity contribution in [3.05, 3.63) is 28.8 Å². The number of nitriles is 1. The highest BCUT2D eigenvalue weighted by Crippen LogP contribution is 2.22. The van der Waals surface area contributed by atoms with Gasteiger partial charge in [-0.1, -0.05) is 11.6 Å². The van der Waals surface area contributed by atoms with E-state index in [1.165, 1.54) is 25.9 Å². The highest BCUT2D eigenvalue weighted by molar-refractivity contribution is 6.30. The van der Waals surface area contributed by atoms with E-state index in [0.717, 1.165) is 24.6 Å². The number of nitrogens with zero attached hydrogens (tertiary/aromatic N) is 2. The number of nitrogens with one attached hydrogen (secondary N) is 1. The maximum Gasteiger partial charge on any atom is 0.101 e. The van der Waals surface area contributed by atoms with Gasteiger partial charge in [-0.15, -0.1) is 0 Å². The van der Waals surface area contributed by atoms with Crippen molar-refractivity contribution >= 4 is 17.3 Å². The molecule has 1 aliphatic rings. The average Bonchev–Trinajstić information content (AvgIpc) is 2.41. The van der Waals surface area contributed by atoms with Gasteiger partial charge in [-0.25, -0.2) is 0 Å². The van der Waals surface area contributed by atoms with Crippen LogP contribution in [0.2, 0.25) is 5.02 Å². The average molecular weight is 278 g/mol. The second-order valence-electron chi connectivity index (χ2n) is 5.26. The van der Waals surface area contributed by atoms with Crippen molar-refractivity contribution in [3.8, 4) is 6.07 Å². The van der Waals surface area contributed by atoms with Crippen LogP contribution in [-0.4, -0.2) is 31.6 Å². The van der Waals surface area contributed by atoms with E-state index in [4.69, 9.17) is 16.9 Å². The van der Waals surface area contributed by atoms with Gasteiger partial charge in [-0.05, 0) is 63.5 Å². The Morgan fingerprint density at radius 2 is 2.16 bits per heavy atom. The largest absolute Gasteiger partial charge is 0.384 e. The standard InChI is InChI=1S/C15H20ClN3/c1-19-8-5-12(6-9-19)4-7-18-15-10-14(16)3-2-13(15)11-17/h2-3,10,12,18H,4-9H2,1H3. The van der Waals surface area contributed by atoms with E-state index in [0.29, 0.717) is 10.6 Å². The fourth-order valence-corrected chi connectivity index (χ4v) is 2.69. The summed E-state index contributed by atoms with van der Waals surface area (Å²) in [6, 6.07) is 7.53. The predicted molar refractivity (Wildman–Crippen MR) is 79.5 cm³/mol. The van der Waals surface area contributed by atoms with Crippen LogP contribution in [0.25, 0.3) is 0 Å². The number of hydrogen-bond donors (Lipinski definition) is 1. The fraction of sp³-hybridized carbons (Fsp3) is 0.533. The van der Waals surface area contributed by atoms with Crippen LogP contribution < -0.4 is 5.32 Å². The molecule has 0 bridgehead atoms. The minimum Gasteiger partial charge on any atom is -0.384 e. The molecule has 0 aromatic heterocycles. The van der Waals surface area contributed by atoms with E-state index >= 15 is 0 Å². The molecular formula is C15H20ClN3. The van der Waals surface area contributed by atoms with Crippen molar-refractivity contribution in [2.24, 2.45) is 5.92 Å². The van der Waals surface area contributed by atoms with Gasteiger partial charge in [0.15, 0.2) is 0 Å². The zero-order valence-corrected chi connectivity index (χ0v) is 12.1. The molecule has 3 nitrogen and oxygen atoms in total. The molecule has 1 heterocycles. The molecule has 19 heavy (non-hydrogen) atoms. The molecule has 0 saturated carbocycles. The first-order chi connectivity index (χ1) is 9.19. The van der Waals surface area contributed by atoms with Gasteiger partial charge in [0.2, 0.25) is 0 Å². The normalized spacial score (nSPS) is 17.1. The van der Waals surface area contributed by atoms with E-state index < -0.39 is 0 Å². The first kappa shape index (κ1) is 14.2. The monoisotopic (exact) mass is 277 g/mol. The zero-order chi connectivity index (χ0) is 13.7. The summed E-state index contributed by atoms with van der Waals surface area (Å²) in [6.07, 6.45) is 3.71. The Hall–Kier alpha value is -1.24. The SMILES string of the molecule is CN1CCC(CCNc2cc(Cl)ccc2C#N)CC1. The summed E-state index contributed by atoms with van der Waals surface area (Å²) in [5.74, 6) is 0.799. The Balaban J connectivity index is 1.83. The van der Waals surface area contributed by atoms with Gasteiger partial charge in [-0.2, -0.15) is 5.26 Å². The topological polar surface area (TPSA) is 39.1 Å². The van der Waals surface area contributed by atoms with Gasteiger partial charge >= 0.3 is 0 Å². The summed E-state index contributed by atoms with van der Waals surface area (Å²) in [6.45, 7) is 3.31. The Kier molecular flexibility index (Phi) is 5.07. The molecule has 0 amide bonds. The molecule has 4 heteroatoms. The predicted octanol–water partition coefficient (Wildman–Crippen LogP) is 3.36. The second kappa shape index (κ2) is 6.79. The number of benzene rings is 1. The van der Waals surface area contributed by atoms with Crippen LogP contribution in [0.1, 0.15) is 24.8 Å². The smallest absolute Gasteiger partial charge is 0.101 e. The maximum atomic E-state index is 9.05. The molecule has 0 unspecified atom stereocenters. The number of hydrogen-bond acceptors (Lipinski definition) is 3. The van der Waals surface area contributed by atoms with Crippen molar-refractivity contribution in [3.63, 3.8) is 0 Å². The molecule has 0 aliphatic carbocycles. The molecule has 1 aliphatic heterocycles. The van der Waals surface area contributed by atoms with Crippen LogP contribution >= 0.6 is 11.6 Å². The number of likely N-dealkylation sites (tertiary alicyclic amines) is 1. The van der Waals surface area contributed by atoms with Crippen molar-refractivity contribution in [2.75, 3.05) is 32.0 Å². The Morgan fingerprint density at radius 1 is 1.42 bits per heavy atom.